The number of nitrogens with one attached hydrogen (secondary N) is 1. The second-order valence-electron chi connectivity index (χ2n) is 5.50. The molecule has 4 heteroatoms. The van der Waals surface area contributed by atoms with Gasteiger partial charge in [-0.2, -0.15) is 4.98 Å². The Morgan fingerprint density at radius 3 is 2.80 bits per heavy atom. The minimum Gasteiger partial charge on any atom is -0.339 e. The molecule has 1 saturated heterocycles. The lowest BCUT2D eigenvalue weighted by Gasteiger charge is -2.18. The summed E-state index contributed by atoms with van der Waals surface area (Å²) < 4.78 is 5.40. The fourth-order valence-electron chi connectivity index (χ4n) is 2.75. The number of hydrogen-bond acceptors (Lipinski definition) is 4. The molecular weight excluding hydrogens is 250 g/mol. The summed E-state index contributed by atoms with van der Waals surface area (Å²) in [4.78, 5) is 4.57. The van der Waals surface area contributed by atoms with Gasteiger partial charge in [0.05, 0.1) is 0 Å². The van der Waals surface area contributed by atoms with Crippen LogP contribution in [0.3, 0.4) is 0 Å². The van der Waals surface area contributed by atoms with E-state index in [1.807, 2.05) is 0 Å². The van der Waals surface area contributed by atoms with E-state index in [1.54, 1.807) is 0 Å². The van der Waals surface area contributed by atoms with E-state index in [-0.39, 0.29) is 0 Å². The van der Waals surface area contributed by atoms with Crippen LogP contribution < -0.4 is 5.32 Å². The average molecular weight is 271 g/mol. The molecule has 1 aliphatic rings. The van der Waals surface area contributed by atoms with Crippen molar-refractivity contribution >= 4 is 0 Å². The van der Waals surface area contributed by atoms with E-state index < -0.39 is 0 Å². The maximum atomic E-state index is 5.40. The number of aryl methyl sites for hydroxylation is 3. The molecule has 0 spiro atoms. The van der Waals surface area contributed by atoms with E-state index in [1.165, 1.54) is 11.1 Å². The van der Waals surface area contributed by atoms with Gasteiger partial charge in [0.1, 0.15) is 0 Å². The van der Waals surface area contributed by atoms with Crippen molar-refractivity contribution in [3.8, 4) is 0 Å². The summed E-state index contributed by atoms with van der Waals surface area (Å²) in [5, 5.41) is 7.52. The van der Waals surface area contributed by atoms with Crippen molar-refractivity contribution in [1.82, 2.24) is 15.5 Å². The maximum absolute atomic E-state index is 5.40. The Kier molecular flexibility index (Phi) is 4.11. The zero-order chi connectivity index (χ0) is 13.8. The van der Waals surface area contributed by atoms with Crippen LogP contribution in [0.5, 0.6) is 0 Å². The van der Waals surface area contributed by atoms with Crippen LogP contribution in [0.15, 0.2) is 28.8 Å². The lowest BCUT2D eigenvalue weighted by Crippen LogP contribution is -2.27. The van der Waals surface area contributed by atoms with Gasteiger partial charge in [0, 0.05) is 12.3 Å². The largest absolute Gasteiger partial charge is 0.339 e. The molecule has 0 amide bonds. The van der Waals surface area contributed by atoms with Crippen molar-refractivity contribution in [3.63, 3.8) is 0 Å². The van der Waals surface area contributed by atoms with Crippen molar-refractivity contribution in [1.29, 1.82) is 0 Å². The monoisotopic (exact) mass is 271 g/mol. The molecule has 1 fully saturated rings. The van der Waals surface area contributed by atoms with Gasteiger partial charge in [0.25, 0.3) is 0 Å². The minimum absolute atomic E-state index is 0.465. The molecule has 1 aromatic heterocycles. The summed E-state index contributed by atoms with van der Waals surface area (Å²) in [6.45, 7) is 4.25. The van der Waals surface area contributed by atoms with E-state index in [4.69, 9.17) is 4.52 Å². The molecule has 20 heavy (non-hydrogen) atoms. The lowest BCUT2D eigenvalue weighted by atomic mass is 9.98. The number of piperidine rings is 1. The van der Waals surface area contributed by atoms with Crippen molar-refractivity contribution in [3.05, 3.63) is 47.1 Å². The highest BCUT2D eigenvalue weighted by Crippen LogP contribution is 2.22. The standard InChI is InChI=1S/C16H21N3O/c1-12-4-2-3-5-13(12)6-7-15-18-16(19-20-15)14-8-10-17-11-9-14/h2-5,14,17H,6-11H2,1H3. The van der Waals surface area contributed by atoms with Gasteiger partial charge in [0.2, 0.25) is 5.89 Å². The summed E-state index contributed by atoms with van der Waals surface area (Å²) in [6.07, 6.45) is 4.00. The first-order valence-corrected chi connectivity index (χ1v) is 7.40. The van der Waals surface area contributed by atoms with Crippen LogP contribution in [-0.4, -0.2) is 23.2 Å². The van der Waals surface area contributed by atoms with Crippen molar-refractivity contribution in [2.45, 2.75) is 38.5 Å². The highest BCUT2D eigenvalue weighted by molar-refractivity contribution is 5.25. The zero-order valence-electron chi connectivity index (χ0n) is 11.9. The van der Waals surface area contributed by atoms with E-state index in [0.717, 1.165) is 50.5 Å². The molecule has 0 saturated carbocycles. The molecule has 4 nitrogen and oxygen atoms in total. The molecule has 1 aromatic carbocycles. The predicted octanol–water partition coefficient (Wildman–Crippen LogP) is 2.63. The van der Waals surface area contributed by atoms with Gasteiger partial charge < -0.3 is 9.84 Å². The fraction of sp³-hybridized carbons (Fsp3) is 0.500. The highest BCUT2D eigenvalue weighted by Gasteiger charge is 2.20. The van der Waals surface area contributed by atoms with Gasteiger partial charge in [-0.1, -0.05) is 29.4 Å². The number of nitrogens with zero attached hydrogens (tertiary/aromatic N) is 2. The molecule has 0 bridgehead atoms. The lowest BCUT2D eigenvalue weighted by molar-refractivity contribution is 0.360. The van der Waals surface area contributed by atoms with Gasteiger partial charge in [-0.05, 0) is 50.4 Å². The van der Waals surface area contributed by atoms with E-state index in [2.05, 4.69) is 46.6 Å². The maximum Gasteiger partial charge on any atom is 0.226 e. The van der Waals surface area contributed by atoms with E-state index >= 15 is 0 Å². The fourth-order valence-corrected chi connectivity index (χ4v) is 2.75. The van der Waals surface area contributed by atoms with Crippen LogP contribution in [0.4, 0.5) is 0 Å². The van der Waals surface area contributed by atoms with Gasteiger partial charge >= 0.3 is 0 Å². The van der Waals surface area contributed by atoms with Crippen LogP contribution in [0.2, 0.25) is 0 Å². The van der Waals surface area contributed by atoms with E-state index in [0.29, 0.717) is 5.92 Å². The molecule has 0 radical (unpaired) electrons. The smallest absolute Gasteiger partial charge is 0.226 e. The number of hydrogen-bond donors (Lipinski definition) is 1. The number of rotatable bonds is 4. The summed E-state index contributed by atoms with van der Waals surface area (Å²) in [5.74, 6) is 2.13. The molecule has 2 aromatic rings. The number of aromatic nitrogens is 2. The Bertz CT molecular complexity index is 558. The molecule has 3 rings (SSSR count). The van der Waals surface area contributed by atoms with E-state index in [9.17, 15) is 0 Å². The third-order valence-corrected chi connectivity index (χ3v) is 4.06. The first-order chi connectivity index (χ1) is 9.83. The molecule has 0 unspecified atom stereocenters. The molecule has 0 atom stereocenters. The average Bonchev–Trinajstić information content (AvgIpc) is 2.96. The summed E-state index contributed by atoms with van der Waals surface area (Å²) >= 11 is 0. The molecule has 0 aliphatic carbocycles. The number of benzene rings is 1. The van der Waals surface area contributed by atoms with Gasteiger partial charge in [-0.15, -0.1) is 0 Å². The SMILES string of the molecule is Cc1ccccc1CCc1nc(C2CCNCC2)no1. The highest BCUT2D eigenvalue weighted by atomic mass is 16.5. The second kappa shape index (κ2) is 6.18. The van der Waals surface area contributed by atoms with Crippen LogP contribution in [0.1, 0.15) is 41.6 Å². The molecule has 1 N–H and O–H groups in total. The second-order valence-corrected chi connectivity index (χ2v) is 5.50. The summed E-state index contributed by atoms with van der Waals surface area (Å²) in [7, 11) is 0. The Morgan fingerprint density at radius 2 is 2.00 bits per heavy atom. The Hall–Kier alpha value is -1.68. The normalized spacial score (nSPS) is 16.4. The Labute approximate surface area is 119 Å². The first-order valence-electron chi connectivity index (χ1n) is 7.40. The van der Waals surface area contributed by atoms with Gasteiger partial charge in [0.15, 0.2) is 5.82 Å². The minimum atomic E-state index is 0.465. The Morgan fingerprint density at radius 1 is 1.20 bits per heavy atom. The molecule has 2 heterocycles. The molecule has 106 valence electrons. The third kappa shape index (κ3) is 3.07. The van der Waals surface area contributed by atoms with Crippen molar-refractivity contribution in [2.24, 2.45) is 0 Å². The summed E-state index contributed by atoms with van der Waals surface area (Å²) in [6, 6.07) is 8.46. The van der Waals surface area contributed by atoms with Crippen LogP contribution in [0, 0.1) is 6.92 Å². The first kappa shape index (κ1) is 13.3. The topological polar surface area (TPSA) is 51.0 Å². The van der Waals surface area contributed by atoms with Crippen LogP contribution >= 0.6 is 0 Å². The molecular formula is C16H21N3O. The van der Waals surface area contributed by atoms with Gasteiger partial charge in [-0.25, -0.2) is 0 Å². The predicted molar refractivity (Wildman–Crippen MR) is 77.7 cm³/mol. The Balaban J connectivity index is 1.61. The van der Waals surface area contributed by atoms with Crippen LogP contribution in [0.25, 0.3) is 0 Å². The van der Waals surface area contributed by atoms with Crippen molar-refractivity contribution < 1.29 is 4.52 Å². The quantitative estimate of drug-likeness (QED) is 0.928. The van der Waals surface area contributed by atoms with Crippen molar-refractivity contribution in [2.75, 3.05) is 13.1 Å². The zero-order valence-corrected chi connectivity index (χ0v) is 11.9. The van der Waals surface area contributed by atoms with Gasteiger partial charge in [-0.3, -0.25) is 0 Å². The third-order valence-electron chi connectivity index (χ3n) is 4.06. The van der Waals surface area contributed by atoms with Crippen LogP contribution in [-0.2, 0) is 12.8 Å². The summed E-state index contributed by atoms with van der Waals surface area (Å²) in [5.41, 5.74) is 2.68. The molecule has 1 aliphatic heterocycles.